The molecule has 0 unspecified atom stereocenters. The maximum atomic E-state index is 5.91. The molecule has 0 fully saturated rings. The van der Waals surface area contributed by atoms with Gasteiger partial charge in [0.1, 0.15) is 17.2 Å². The Balaban J connectivity index is 1.86. The minimum Gasteiger partial charge on any atom is -0.497 e. The Morgan fingerprint density at radius 2 is 1.29 bits per heavy atom. The first kappa shape index (κ1) is 13.5. The van der Waals surface area contributed by atoms with Crippen molar-refractivity contribution in [1.82, 2.24) is 0 Å². The van der Waals surface area contributed by atoms with Gasteiger partial charge in [0.15, 0.2) is 0 Å². The lowest BCUT2D eigenvalue weighted by atomic mass is 10.1. The smallest absolute Gasteiger partial charge is 0.128 e. The van der Waals surface area contributed by atoms with E-state index in [1.807, 2.05) is 48.5 Å². The lowest BCUT2D eigenvalue weighted by Gasteiger charge is -2.08. The van der Waals surface area contributed by atoms with Gasteiger partial charge in [-0.15, -0.1) is 0 Å². The van der Waals surface area contributed by atoms with Crippen LogP contribution < -0.4 is 9.47 Å². The third kappa shape index (κ3) is 3.00. The molecule has 106 valence electrons. The first-order valence-corrected chi connectivity index (χ1v) is 7.13. The van der Waals surface area contributed by atoms with E-state index in [9.17, 15) is 0 Å². The van der Waals surface area contributed by atoms with E-state index in [0.29, 0.717) is 0 Å². The average molecular weight is 278 g/mol. The second kappa shape index (κ2) is 5.88. The Bertz CT molecular complexity index is 745. The fourth-order valence-electron chi connectivity index (χ4n) is 2.32. The van der Waals surface area contributed by atoms with Crippen LogP contribution in [0.25, 0.3) is 10.8 Å². The standard InChI is InChI=1S/C19H18O2/c1-3-14-4-8-17(9-5-14)21-19-11-7-15-12-18(20-2)10-6-16(15)13-19/h4-13H,3H2,1-2H3. The number of hydrogen-bond donors (Lipinski definition) is 0. The minimum absolute atomic E-state index is 0.844. The highest BCUT2D eigenvalue weighted by molar-refractivity contribution is 5.85. The molecule has 2 nitrogen and oxygen atoms in total. The third-order valence-corrected chi connectivity index (χ3v) is 3.59. The topological polar surface area (TPSA) is 18.5 Å². The second-order valence-electron chi connectivity index (χ2n) is 4.97. The molecule has 0 spiro atoms. The van der Waals surface area contributed by atoms with Crippen molar-refractivity contribution in [2.45, 2.75) is 13.3 Å². The normalized spacial score (nSPS) is 10.6. The zero-order valence-electron chi connectivity index (χ0n) is 12.3. The van der Waals surface area contributed by atoms with Gasteiger partial charge in [-0.1, -0.05) is 31.2 Å². The zero-order valence-corrected chi connectivity index (χ0v) is 12.3. The van der Waals surface area contributed by atoms with Gasteiger partial charge < -0.3 is 9.47 Å². The summed E-state index contributed by atoms with van der Waals surface area (Å²) in [7, 11) is 1.68. The molecule has 0 amide bonds. The van der Waals surface area contributed by atoms with Crippen LogP contribution in [0.1, 0.15) is 12.5 Å². The lowest BCUT2D eigenvalue weighted by Crippen LogP contribution is -1.86. The molecule has 0 radical (unpaired) electrons. The highest BCUT2D eigenvalue weighted by Gasteiger charge is 2.01. The van der Waals surface area contributed by atoms with Gasteiger partial charge >= 0.3 is 0 Å². The van der Waals surface area contributed by atoms with Crippen molar-refractivity contribution in [3.63, 3.8) is 0 Å². The molecule has 0 aliphatic carbocycles. The molecule has 0 aliphatic rings. The van der Waals surface area contributed by atoms with Crippen LogP contribution in [0.15, 0.2) is 60.7 Å². The Kier molecular flexibility index (Phi) is 3.78. The van der Waals surface area contributed by atoms with Crippen molar-refractivity contribution in [1.29, 1.82) is 0 Å². The van der Waals surface area contributed by atoms with Crippen LogP contribution in [0, 0.1) is 0 Å². The van der Waals surface area contributed by atoms with Crippen LogP contribution in [0.5, 0.6) is 17.2 Å². The molecule has 0 aliphatic heterocycles. The van der Waals surface area contributed by atoms with Gasteiger partial charge in [-0.3, -0.25) is 0 Å². The molecular weight excluding hydrogens is 260 g/mol. The van der Waals surface area contributed by atoms with Crippen molar-refractivity contribution < 1.29 is 9.47 Å². The Morgan fingerprint density at radius 1 is 0.714 bits per heavy atom. The van der Waals surface area contributed by atoms with E-state index < -0.39 is 0 Å². The number of rotatable bonds is 4. The van der Waals surface area contributed by atoms with E-state index in [-0.39, 0.29) is 0 Å². The quantitative estimate of drug-likeness (QED) is 0.652. The van der Waals surface area contributed by atoms with E-state index in [1.54, 1.807) is 7.11 Å². The summed E-state index contributed by atoms with van der Waals surface area (Å²) in [5.74, 6) is 2.57. The maximum absolute atomic E-state index is 5.91. The molecule has 2 heteroatoms. The van der Waals surface area contributed by atoms with Crippen LogP contribution in [-0.4, -0.2) is 7.11 Å². The first-order valence-electron chi connectivity index (χ1n) is 7.13. The molecule has 0 saturated heterocycles. The van der Waals surface area contributed by atoms with Crippen molar-refractivity contribution in [2.24, 2.45) is 0 Å². The molecule has 21 heavy (non-hydrogen) atoms. The fraction of sp³-hybridized carbons (Fsp3) is 0.158. The van der Waals surface area contributed by atoms with Crippen LogP contribution >= 0.6 is 0 Å². The van der Waals surface area contributed by atoms with Crippen LogP contribution in [0.4, 0.5) is 0 Å². The SMILES string of the molecule is CCc1ccc(Oc2ccc3cc(OC)ccc3c2)cc1. The summed E-state index contributed by atoms with van der Waals surface area (Å²) in [4.78, 5) is 0. The average Bonchev–Trinajstić information content (AvgIpc) is 2.55. The predicted molar refractivity (Wildman–Crippen MR) is 86.4 cm³/mol. The molecule has 3 aromatic carbocycles. The van der Waals surface area contributed by atoms with Crippen molar-refractivity contribution >= 4 is 10.8 Å². The van der Waals surface area contributed by atoms with Gasteiger partial charge in [-0.2, -0.15) is 0 Å². The highest BCUT2D eigenvalue weighted by atomic mass is 16.5. The second-order valence-corrected chi connectivity index (χ2v) is 4.97. The van der Waals surface area contributed by atoms with E-state index in [4.69, 9.17) is 9.47 Å². The van der Waals surface area contributed by atoms with Gasteiger partial charge in [0.05, 0.1) is 7.11 Å². The van der Waals surface area contributed by atoms with Gasteiger partial charge in [-0.05, 0) is 59.2 Å². The molecule has 3 rings (SSSR count). The van der Waals surface area contributed by atoms with E-state index >= 15 is 0 Å². The van der Waals surface area contributed by atoms with Gasteiger partial charge in [0.2, 0.25) is 0 Å². The Morgan fingerprint density at radius 3 is 1.90 bits per heavy atom. The van der Waals surface area contributed by atoms with Gasteiger partial charge in [0.25, 0.3) is 0 Å². The first-order chi connectivity index (χ1) is 10.3. The molecule has 0 saturated carbocycles. The van der Waals surface area contributed by atoms with Gasteiger partial charge in [-0.25, -0.2) is 0 Å². The van der Waals surface area contributed by atoms with E-state index in [2.05, 4.69) is 19.1 Å². The summed E-state index contributed by atoms with van der Waals surface area (Å²) in [5, 5.41) is 2.28. The number of methoxy groups -OCH3 is 1. The molecule has 0 aromatic heterocycles. The third-order valence-electron chi connectivity index (χ3n) is 3.59. The largest absolute Gasteiger partial charge is 0.497 e. The summed E-state index contributed by atoms with van der Waals surface area (Å²) in [6.07, 6.45) is 1.04. The number of benzene rings is 3. The molecule has 0 atom stereocenters. The Hall–Kier alpha value is -2.48. The van der Waals surface area contributed by atoms with Crippen molar-refractivity contribution in [2.75, 3.05) is 7.11 Å². The van der Waals surface area contributed by atoms with Crippen LogP contribution in [0.2, 0.25) is 0 Å². The lowest BCUT2D eigenvalue weighted by molar-refractivity contribution is 0.415. The summed E-state index contributed by atoms with van der Waals surface area (Å²) < 4.78 is 11.1. The maximum Gasteiger partial charge on any atom is 0.128 e. The molecule has 0 N–H and O–H groups in total. The van der Waals surface area contributed by atoms with Crippen LogP contribution in [0.3, 0.4) is 0 Å². The summed E-state index contributed by atoms with van der Waals surface area (Å²) in [6.45, 7) is 2.15. The number of hydrogen-bond acceptors (Lipinski definition) is 2. The zero-order chi connectivity index (χ0) is 14.7. The highest BCUT2D eigenvalue weighted by Crippen LogP contribution is 2.28. The van der Waals surface area contributed by atoms with E-state index in [1.165, 1.54) is 5.56 Å². The van der Waals surface area contributed by atoms with Gasteiger partial charge in [0, 0.05) is 0 Å². The number of aryl methyl sites for hydroxylation is 1. The predicted octanol–water partition coefficient (Wildman–Crippen LogP) is 5.20. The molecule has 3 aromatic rings. The van der Waals surface area contributed by atoms with Crippen molar-refractivity contribution in [3.05, 3.63) is 66.2 Å². The number of fused-ring (bicyclic) bond motifs is 1. The fourth-order valence-corrected chi connectivity index (χ4v) is 2.32. The van der Waals surface area contributed by atoms with Crippen LogP contribution in [-0.2, 0) is 6.42 Å². The molecular formula is C19H18O2. The minimum atomic E-state index is 0.844. The van der Waals surface area contributed by atoms with Crippen molar-refractivity contribution in [3.8, 4) is 17.2 Å². The summed E-state index contributed by atoms with van der Waals surface area (Å²) in [6, 6.07) is 20.3. The summed E-state index contributed by atoms with van der Waals surface area (Å²) >= 11 is 0. The number of ether oxygens (including phenoxy) is 2. The van der Waals surface area contributed by atoms with E-state index in [0.717, 1.165) is 34.4 Å². The summed E-state index contributed by atoms with van der Waals surface area (Å²) in [5.41, 5.74) is 1.31. The molecule has 0 bridgehead atoms. The molecule has 0 heterocycles. The Labute approximate surface area is 124 Å². The monoisotopic (exact) mass is 278 g/mol.